The molecule has 1 aliphatic heterocycles. The van der Waals surface area contributed by atoms with Gasteiger partial charge < -0.3 is 0 Å². The molecular formula is C20H26N4. The third-order valence-corrected chi connectivity index (χ3v) is 6.50. The van der Waals surface area contributed by atoms with Crippen LogP contribution in [0.25, 0.3) is 11.3 Å². The highest BCUT2D eigenvalue weighted by Gasteiger charge is 2.59. The molecule has 2 bridgehead atoms. The van der Waals surface area contributed by atoms with Crippen molar-refractivity contribution >= 4 is 0 Å². The van der Waals surface area contributed by atoms with E-state index in [9.17, 15) is 0 Å². The van der Waals surface area contributed by atoms with Gasteiger partial charge in [-0.3, -0.25) is 14.9 Å². The predicted octanol–water partition coefficient (Wildman–Crippen LogP) is 3.06. The quantitative estimate of drug-likeness (QED) is 0.939. The van der Waals surface area contributed by atoms with Gasteiger partial charge >= 0.3 is 0 Å². The number of H-pyrrole nitrogens is 1. The zero-order valence-corrected chi connectivity index (χ0v) is 14.5. The van der Waals surface area contributed by atoms with Gasteiger partial charge in [0.15, 0.2) is 0 Å². The Morgan fingerprint density at radius 1 is 1.08 bits per heavy atom. The zero-order chi connectivity index (χ0) is 16.1. The molecule has 2 aromatic rings. The first kappa shape index (κ1) is 14.7. The van der Waals surface area contributed by atoms with Crippen molar-refractivity contribution in [2.45, 2.75) is 38.3 Å². The Morgan fingerprint density at radius 3 is 2.42 bits per heavy atom. The molecule has 4 nitrogen and oxygen atoms in total. The Bertz CT molecular complexity index is 707. The van der Waals surface area contributed by atoms with Gasteiger partial charge in [0.25, 0.3) is 0 Å². The Kier molecular flexibility index (Phi) is 3.32. The summed E-state index contributed by atoms with van der Waals surface area (Å²) in [6.07, 6.45) is 6.44. The van der Waals surface area contributed by atoms with Gasteiger partial charge in [0.05, 0.1) is 11.9 Å². The second kappa shape index (κ2) is 5.43. The molecule has 0 radical (unpaired) electrons. The summed E-state index contributed by atoms with van der Waals surface area (Å²) >= 11 is 0. The molecule has 24 heavy (non-hydrogen) atoms. The van der Waals surface area contributed by atoms with Crippen molar-refractivity contribution in [1.82, 2.24) is 20.0 Å². The fourth-order valence-electron chi connectivity index (χ4n) is 4.84. The number of aromatic amines is 1. The van der Waals surface area contributed by atoms with E-state index in [2.05, 4.69) is 51.2 Å². The van der Waals surface area contributed by atoms with Gasteiger partial charge in [-0.2, -0.15) is 5.10 Å². The molecule has 1 saturated heterocycles. The topological polar surface area (TPSA) is 35.2 Å². The van der Waals surface area contributed by atoms with Crippen LogP contribution in [-0.4, -0.2) is 51.7 Å². The Labute approximate surface area is 143 Å². The molecule has 0 atom stereocenters. The van der Waals surface area contributed by atoms with E-state index >= 15 is 0 Å². The Hall–Kier alpha value is -1.65. The standard InChI is InChI=1S/C20H26N4/c1-15-2-4-17(5-3-15)19-18(13-21-22-19)14-23-6-8-24(9-7-23)20-10-16(11-20)12-20/h2-5,13,16H,6-12,14H2,1H3,(H,21,22). The minimum absolute atomic E-state index is 0.638. The molecule has 1 aromatic carbocycles. The Morgan fingerprint density at radius 2 is 1.79 bits per heavy atom. The number of nitrogens with zero attached hydrogens (tertiary/aromatic N) is 3. The van der Waals surface area contributed by atoms with Crippen LogP contribution in [0.5, 0.6) is 0 Å². The SMILES string of the molecule is Cc1ccc(-c2[nH]ncc2CN2CCN(C34CC(C3)C4)CC2)cc1. The van der Waals surface area contributed by atoms with E-state index in [1.807, 2.05) is 6.20 Å². The first-order valence-electron chi connectivity index (χ1n) is 9.29. The number of hydrogen-bond donors (Lipinski definition) is 1. The molecule has 1 aromatic heterocycles. The summed E-state index contributed by atoms with van der Waals surface area (Å²) in [5.74, 6) is 1.08. The first-order chi connectivity index (χ1) is 11.7. The highest BCUT2D eigenvalue weighted by Crippen LogP contribution is 2.60. The van der Waals surface area contributed by atoms with Crippen molar-refractivity contribution in [3.63, 3.8) is 0 Å². The zero-order valence-electron chi connectivity index (χ0n) is 14.5. The lowest BCUT2D eigenvalue weighted by Crippen LogP contribution is -2.70. The molecule has 4 aliphatic rings. The number of piperazine rings is 1. The molecule has 1 N–H and O–H groups in total. The molecule has 4 heteroatoms. The molecule has 6 rings (SSSR count). The number of hydrogen-bond acceptors (Lipinski definition) is 3. The highest BCUT2D eigenvalue weighted by molar-refractivity contribution is 5.62. The van der Waals surface area contributed by atoms with Gasteiger partial charge in [-0.1, -0.05) is 29.8 Å². The number of rotatable bonds is 4. The lowest BCUT2D eigenvalue weighted by molar-refractivity contribution is -0.155. The van der Waals surface area contributed by atoms with Crippen LogP contribution in [0.15, 0.2) is 30.5 Å². The van der Waals surface area contributed by atoms with Crippen LogP contribution >= 0.6 is 0 Å². The van der Waals surface area contributed by atoms with Crippen LogP contribution in [0, 0.1) is 12.8 Å². The van der Waals surface area contributed by atoms with Crippen LogP contribution in [0.3, 0.4) is 0 Å². The van der Waals surface area contributed by atoms with Crippen molar-refractivity contribution in [3.05, 3.63) is 41.6 Å². The van der Waals surface area contributed by atoms with E-state index in [0.29, 0.717) is 5.54 Å². The number of benzene rings is 1. The van der Waals surface area contributed by atoms with E-state index < -0.39 is 0 Å². The maximum absolute atomic E-state index is 4.31. The smallest absolute Gasteiger partial charge is 0.0695 e. The summed E-state index contributed by atoms with van der Waals surface area (Å²) in [5, 5.41) is 7.51. The molecule has 0 unspecified atom stereocenters. The fraction of sp³-hybridized carbons (Fsp3) is 0.550. The maximum atomic E-state index is 4.31. The molecule has 3 saturated carbocycles. The van der Waals surface area contributed by atoms with Crippen molar-refractivity contribution < 1.29 is 0 Å². The average Bonchev–Trinajstić information content (AvgIpc) is 2.95. The minimum Gasteiger partial charge on any atom is -0.296 e. The number of aryl methyl sites for hydroxylation is 1. The Balaban J connectivity index is 1.24. The summed E-state index contributed by atoms with van der Waals surface area (Å²) in [4.78, 5) is 5.37. The van der Waals surface area contributed by atoms with Crippen LogP contribution in [0.1, 0.15) is 30.4 Å². The van der Waals surface area contributed by atoms with Crippen LogP contribution in [-0.2, 0) is 6.54 Å². The summed E-state index contributed by atoms with van der Waals surface area (Å²) in [6.45, 7) is 7.98. The molecule has 2 heterocycles. The molecule has 4 fully saturated rings. The third-order valence-electron chi connectivity index (χ3n) is 6.50. The summed E-state index contributed by atoms with van der Waals surface area (Å²) < 4.78 is 0. The maximum Gasteiger partial charge on any atom is 0.0695 e. The van der Waals surface area contributed by atoms with Crippen LogP contribution in [0.4, 0.5) is 0 Å². The lowest BCUT2D eigenvalue weighted by atomic mass is 9.49. The van der Waals surface area contributed by atoms with E-state index in [1.54, 1.807) is 0 Å². The number of aromatic nitrogens is 2. The van der Waals surface area contributed by atoms with Crippen LogP contribution < -0.4 is 0 Å². The van der Waals surface area contributed by atoms with E-state index in [4.69, 9.17) is 0 Å². The first-order valence-corrected chi connectivity index (χ1v) is 9.29. The lowest BCUT2D eigenvalue weighted by Gasteiger charge is -2.67. The van der Waals surface area contributed by atoms with Crippen molar-refractivity contribution in [1.29, 1.82) is 0 Å². The van der Waals surface area contributed by atoms with Crippen molar-refractivity contribution in [3.8, 4) is 11.3 Å². The van der Waals surface area contributed by atoms with E-state index in [1.165, 1.54) is 67.8 Å². The normalized spacial score (nSPS) is 30.0. The summed E-state index contributed by atoms with van der Waals surface area (Å²) in [7, 11) is 0. The van der Waals surface area contributed by atoms with Gasteiger partial charge in [-0.15, -0.1) is 0 Å². The monoisotopic (exact) mass is 322 g/mol. The van der Waals surface area contributed by atoms with Gasteiger partial charge in [0.2, 0.25) is 0 Å². The molecule has 0 amide bonds. The fourth-order valence-corrected chi connectivity index (χ4v) is 4.84. The van der Waals surface area contributed by atoms with E-state index in [-0.39, 0.29) is 0 Å². The predicted molar refractivity (Wildman–Crippen MR) is 95.7 cm³/mol. The largest absolute Gasteiger partial charge is 0.296 e. The van der Waals surface area contributed by atoms with Gasteiger partial charge in [0.1, 0.15) is 0 Å². The molecule has 3 aliphatic carbocycles. The second-order valence-corrected chi connectivity index (χ2v) is 8.10. The van der Waals surface area contributed by atoms with Crippen molar-refractivity contribution in [2.75, 3.05) is 26.2 Å². The summed E-state index contributed by atoms with van der Waals surface area (Å²) in [6, 6.07) is 8.71. The minimum atomic E-state index is 0.638. The van der Waals surface area contributed by atoms with Crippen LogP contribution in [0.2, 0.25) is 0 Å². The number of nitrogens with one attached hydrogen (secondary N) is 1. The molecular weight excluding hydrogens is 296 g/mol. The molecule has 126 valence electrons. The van der Waals surface area contributed by atoms with Gasteiger partial charge in [-0.05, 0) is 37.7 Å². The summed E-state index contributed by atoms with van der Waals surface area (Å²) in [5.41, 5.74) is 5.67. The average molecular weight is 322 g/mol. The van der Waals surface area contributed by atoms with Gasteiger partial charge in [0, 0.05) is 43.8 Å². The van der Waals surface area contributed by atoms with E-state index in [0.717, 1.165) is 12.5 Å². The molecule has 0 spiro atoms. The second-order valence-electron chi connectivity index (χ2n) is 8.10. The van der Waals surface area contributed by atoms with Crippen molar-refractivity contribution in [2.24, 2.45) is 5.92 Å². The van der Waals surface area contributed by atoms with Gasteiger partial charge in [-0.25, -0.2) is 0 Å². The highest BCUT2D eigenvalue weighted by atomic mass is 15.3. The third kappa shape index (κ3) is 2.32.